The minimum absolute atomic E-state index is 0.0594. The zero-order chi connectivity index (χ0) is 18.0. The predicted molar refractivity (Wildman–Crippen MR) is 93.9 cm³/mol. The Balaban J connectivity index is 1.64. The van der Waals surface area contributed by atoms with Gasteiger partial charge in [-0.15, -0.1) is 10.2 Å². The van der Waals surface area contributed by atoms with Crippen LogP contribution >= 0.6 is 11.8 Å². The lowest BCUT2D eigenvalue weighted by molar-refractivity contribution is -0.129. The second-order valence-electron chi connectivity index (χ2n) is 5.87. The van der Waals surface area contributed by atoms with Crippen molar-refractivity contribution in [3.63, 3.8) is 0 Å². The topological polar surface area (TPSA) is 98.3 Å². The van der Waals surface area contributed by atoms with Crippen molar-refractivity contribution in [2.75, 3.05) is 23.8 Å². The van der Waals surface area contributed by atoms with Crippen LogP contribution in [0, 0.1) is 0 Å². The van der Waals surface area contributed by atoms with E-state index in [0.717, 1.165) is 0 Å². The highest BCUT2D eigenvalue weighted by atomic mass is 32.2. The summed E-state index contributed by atoms with van der Waals surface area (Å²) in [6, 6.07) is 3.35. The summed E-state index contributed by atoms with van der Waals surface area (Å²) in [4.78, 5) is 14.2. The average molecular weight is 384 g/mol. The van der Waals surface area contributed by atoms with Crippen molar-refractivity contribution in [2.24, 2.45) is 7.05 Å². The Bertz CT molecular complexity index is 845. The molecule has 3 rings (SSSR count). The number of thioether (sulfide) groups is 1. The number of hydrogen-bond donors (Lipinski definition) is 0. The van der Waals surface area contributed by atoms with E-state index < -0.39 is 9.84 Å². The Hall–Kier alpha value is -1.81. The van der Waals surface area contributed by atoms with Crippen molar-refractivity contribution in [3.8, 4) is 11.6 Å². The van der Waals surface area contributed by atoms with Crippen LogP contribution in [0.2, 0.25) is 0 Å². The third kappa shape index (κ3) is 3.90. The Morgan fingerprint density at radius 2 is 2.28 bits per heavy atom. The van der Waals surface area contributed by atoms with Crippen LogP contribution in [0.1, 0.15) is 13.3 Å². The number of nitrogens with zero attached hydrogens (tertiary/aromatic N) is 4. The third-order valence-electron chi connectivity index (χ3n) is 4.21. The maximum atomic E-state index is 12.5. The number of carbonyl (C=O) groups is 1. The fraction of sp³-hybridized carbons (Fsp3) is 0.533. The summed E-state index contributed by atoms with van der Waals surface area (Å²) < 4.78 is 30.4. The van der Waals surface area contributed by atoms with Gasteiger partial charge in [0.15, 0.2) is 26.6 Å². The normalized spacial score (nSPS) is 19.2. The molecular formula is C15H20N4O4S2. The highest BCUT2D eigenvalue weighted by molar-refractivity contribution is 7.99. The van der Waals surface area contributed by atoms with Gasteiger partial charge < -0.3 is 13.9 Å². The van der Waals surface area contributed by atoms with Gasteiger partial charge in [-0.25, -0.2) is 8.42 Å². The lowest BCUT2D eigenvalue weighted by Gasteiger charge is -2.26. The molecule has 1 atom stereocenters. The van der Waals surface area contributed by atoms with Gasteiger partial charge >= 0.3 is 0 Å². The molecule has 2 aromatic rings. The molecule has 0 saturated carbocycles. The number of amides is 1. The number of furan rings is 1. The molecule has 1 aliphatic heterocycles. The summed E-state index contributed by atoms with van der Waals surface area (Å²) in [5.74, 6) is 1.52. The first-order valence-electron chi connectivity index (χ1n) is 7.97. The van der Waals surface area contributed by atoms with Crippen LogP contribution in [-0.4, -0.2) is 63.8 Å². The first-order valence-corrected chi connectivity index (χ1v) is 10.8. The molecule has 0 bridgehead atoms. The average Bonchev–Trinajstić information content (AvgIpc) is 3.27. The van der Waals surface area contributed by atoms with Crippen molar-refractivity contribution >= 4 is 27.5 Å². The van der Waals surface area contributed by atoms with Gasteiger partial charge in [0, 0.05) is 19.6 Å². The van der Waals surface area contributed by atoms with E-state index >= 15 is 0 Å². The molecule has 1 amide bonds. The van der Waals surface area contributed by atoms with Gasteiger partial charge in [-0.2, -0.15) is 0 Å². The molecule has 3 heterocycles. The Kier molecular flexibility index (Phi) is 5.19. The van der Waals surface area contributed by atoms with Crippen molar-refractivity contribution in [1.29, 1.82) is 0 Å². The Morgan fingerprint density at radius 1 is 1.48 bits per heavy atom. The van der Waals surface area contributed by atoms with Gasteiger partial charge in [-0.05, 0) is 25.5 Å². The van der Waals surface area contributed by atoms with Crippen LogP contribution in [0.4, 0.5) is 0 Å². The van der Waals surface area contributed by atoms with Gasteiger partial charge in [0.25, 0.3) is 0 Å². The molecule has 0 aromatic carbocycles. The highest BCUT2D eigenvalue weighted by Crippen LogP contribution is 2.24. The number of hydrogen-bond acceptors (Lipinski definition) is 7. The summed E-state index contributed by atoms with van der Waals surface area (Å²) in [5.41, 5.74) is 0. The van der Waals surface area contributed by atoms with Crippen LogP contribution < -0.4 is 0 Å². The SMILES string of the molecule is CCN(C(=O)CSc1nnc(-c2ccco2)n1C)[C@H]1CCS(=O)(=O)C1. The van der Waals surface area contributed by atoms with Crippen molar-refractivity contribution in [2.45, 2.75) is 24.5 Å². The van der Waals surface area contributed by atoms with E-state index in [2.05, 4.69) is 10.2 Å². The van der Waals surface area contributed by atoms with Crippen LogP contribution in [0.25, 0.3) is 11.6 Å². The smallest absolute Gasteiger partial charge is 0.233 e. The highest BCUT2D eigenvalue weighted by Gasteiger charge is 2.33. The summed E-state index contributed by atoms with van der Waals surface area (Å²) in [7, 11) is -1.21. The lowest BCUT2D eigenvalue weighted by Crippen LogP contribution is -2.42. The zero-order valence-corrected chi connectivity index (χ0v) is 15.7. The minimum atomic E-state index is -3.02. The molecule has 8 nitrogen and oxygen atoms in total. The van der Waals surface area contributed by atoms with Gasteiger partial charge in [0.1, 0.15) is 0 Å². The quantitative estimate of drug-likeness (QED) is 0.690. The first kappa shape index (κ1) is 18.0. The number of carbonyl (C=O) groups excluding carboxylic acids is 1. The fourth-order valence-electron chi connectivity index (χ4n) is 2.93. The van der Waals surface area contributed by atoms with Crippen molar-refractivity contribution in [1.82, 2.24) is 19.7 Å². The van der Waals surface area contributed by atoms with E-state index in [1.807, 2.05) is 14.0 Å². The van der Waals surface area contributed by atoms with Crippen LogP contribution in [-0.2, 0) is 21.7 Å². The number of aromatic nitrogens is 3. The lowest BCUT2D eigenvalue weighted by atomic mass is 10.2. The number of sulfone groups is 1. The molecule has 1 saturated heterocycles. The largest absolute Gasteiger partial charge is 0.461 e. The molecule has 10 heteroatoms. The first-order chi connectivity index (χ1) is 11.9. The van der Waals surface area contributed by atoms with E-state index in [4.69, 9.17) is 4.42 Å². The summed E-state index contributed by atoms with van der Waals surface area (Å²) >= 11 is 1.28. The molecule has 136 valence electrons. The molecular weight excluding hydrogens is 364 g/mol. The van der Waals surface area contributed by atoms with Gasteiger partial charge in [-0.3, -0.25) is 4.79 Å². The van der Waals surface area contributed by atoms with E-state index in [9.17, 15) is 13.2 Å². The fourth-order valence-corrected chi connectivity index (χ4v) is 5.46. The predicted octanol–water partition coefficient (Wildman–Crippen LogP) is 1.20. The van der Waals surface area contributed by atoms with E-state index in [-0.39, 0.29) is 29.2 Å². The molecule has 0 unspecified atom stereocenters. The Morgan fingerprint density at radius 3 is 2.88 bits per heavy atom. The molecule has 0 radical (unpaired) electrons. The second-order valence-corrected chi connectivity index (χ2v) is 9.04. The van der Waals surface area contributed by atoms with E-state index in [0.29, 0.717) is 29.7 Å². The maximum absolute atomic E-state index is 12.5. The van der Waals surface area contributed by atoms with Gasteiger partial charge in [0.05, 0.1) is 23.5 Å². The van der Waals surface area contributed by atoms with Crippen LogP contribution in [0.5, 0.6) is 0 Å². The number of rotatable bonds is 6. The molecule has 1 fully saturated rings. The summed E-state index contributed by atoms with van der Waals surface area (Å²) in [6.07, 6.45) is 2.08. The van der Waals surface area contributed by atoms with E-state index in [1.165, 1.54) is 11.8 Å². The monoisotopic (exact) mass is 384 g/mol. The van der Waals surface area contributed by atoms with Gasteiger partial charge in [0.2, 0.25) is 5.91 Å². The van der Waals surface area contributed by atoms with Crippen LogP contribution in [0.3, 0.4) is 0 Å². The van der Waals surface area contributed by atoms with E-state index in [1.54, 1.807) is 27.9 Å². The molecule has 1 aliphatic rings. The van der Waals surface area contributed by atoms with Gasteiger partial charge in [-0.1, -0.05) is 11.8 Å². The van der Waals surface area contributed by atoms with Crippen molar-refractivity contribution < 1.29 is 17.6 Å². The molecule has 25 heavy (non-hydrogen) atoms. The zero-order valence-electron chi connectivity index (χ0n) is 14.1. The van der Waals surface area contributed by atoms with Crippen molar-refractivity contribution in [3.05, 3.63) is 18.4 Å². The standard InChI is InChI=1S/C15H20N4O4S2/c1-3-19(11-6-8-25(21,22)10-11)13(20)9-24-15-17-16-14(18(15)2)12-5-4-7-23-12/h4-5,7,11H,3,6,8-10H2,1-2H3/t11-/m0/s1. The molecule has 0 aliphatic carbocycles. The maximum Gasteiger partial charge on any atom is 0.233 e. The summed E-state index contributed by atoms with van der Waals surface area (Å²) in [5, 5.41) is 8.80. The van der Waals surface area contributed by atoms with Crippen LogP contribution in [0.15, 0.2) is 28.0 Å². The Labute approximate surface area is 150 Å². The molecule has 2 aromatic heterocycles. The minimum Gasteiger partial charge on any atom is -0.461 e. The molecule has 0 spiro atoms. The third-order valence-corrected chi connectivity index (χ3v) is 6.97. The molecule has 0 N–H and O–H groups in total. The second kappa shape index (κ2) is 7.20. The summed E-state index contributed by atoms with van der Waals surface area (Å²) in [6.45, 7) is 2.36.